The van der Waals surface area contributed by atoms with Crippen molar-refractivity contribution in [3.63, 3.8) is 0 Å². The molecule has 1 saturated heterocycles. The van der Waals surface area contributed by atoms with Crippen molar-refractivity contribution in [1.82, 2.24) is 4.90 Å². The summed E-state index contributed by atoms with van der Waals surface area (Å²) in [6.07, 6.45) is 1.08. The number of carbonyl (C=O) groups excluding carboxylic acids is 2. The van der Waals surface area contributed by atoms with Gasteiger partial charge in [-0.1, -0.05) is 20.8 Å². The number of hydrogen-bond donors (Lipinski definition) is 0. The van der Waals surface area contributed by atoms with Crippen LogP contribution in [0.5, 0.6) is 0 Å². The van der Waals surface area contributed by atoms with E-state index in [-0.39, 0.29) is 11.0 Å². The highest BCUT2D eigenvalue weighted by molar-refractivity contribution is 6.74. The molecule has 23 heavy (non-hydrogen) atoms. The highest BCUT2D eigenvalue weighted by Gasteiger charge is 2.41. The van der Waals surface area contributed by atoms with Crippen LogP contribution < -0.4 is 0 Å². The van der Waals surface area contributed by atoms with Crippen LogP contribution in [0.4, 0.5) is 4.79 Å². The van der Waals surface area contributed by atoms with E-state index in [0.29, 0.717) is 19.6 Å². The van der Waals surface area contributed by atoms with Gasteiger partial charge in [-0.2, -0.15) is 0 Å². The third kappa shape index (κ3) is 5.60. The van der Waals surface area contributed by atoms with Crippen LogP contribution in [0.25, 0.3) is 0 Å². The van der Waals surface area contributed by atoms with Crippen LogP contribution in [-0.4, -0.2) is 50.4 Å². The second kappa shape index (κ2) is 6.93. The maximum atomic E-state index is 12.2. The number of aldehydes is 1. The highest BCUT2D eigenvalue weighted by Crippen LogP contribution is 2.37. The monoisotopic (exact) mass is 343 g/mol. The van der Waals surface area contributed by atoms with E-state index in [0.717, 1.165) is 6.29 Å². The third-order valence-corrected chi connectivity index (χ3v) is 9.20. The lowest BCUT2D eigenvalue weighted by Crippen LogP contribution is -2.42. The maximum Gasteiger partial charge on any atom is 0.410 e. The van der Waals surface area contributed by atoms with Crippen LogP contribution in [0, 0.1) is 5.92 Å². The van der Waals surface area contributed by atoms with Gasteiger partial charge in [0.2, 0.25) is 0 Å². The molecule has 1 aliphatic heterocycles. The van der Waals surface area contributed by atoms with E-state index < -0.39 is 26.1 Å². The van der Waals surface area contributed by atoms with Gasteiger partial charge in [-0.15, -0.1) is 0 Å². The summed E-state index contributed by atoms with van der Waals surface area (Å²) in [6, 6.07) is -0.405. The van der Waals surface area contributed by atoms with Crippen LogP contribution in [0.1, 0.15) is 48.0 Å². The Labute approximate surface area is 141 Å². The predicted molar refractivity (Wildman–Crippen MR) is 94.0 cm³/mol. The maximum absolute atomic E-state index is 12.2. The zero-order valence-corrected chi connectivity index (χ0v) is 16.9. The van der Waals surface area contributed by atoms with Crippen molar-refractivity contribution in [2.24, 2.45) is 5.92 Å². The molecule has 1 unspecified atom stereocenters. The summed E-state index contributed by atoms with van der Waals surface area (Å²) in [5.41, 5.74) is -0.555. The van der Waals surface area contributed by atoms with Gasteiger partial charge in [-0.05, 0) is 45.3 Å². The van der Waals surface area contributed by atoms with Gasteiger partial charge in [-0.3, -0.25) is 4.90 Å². The van der Waals surface area contributed by atoms with Gasteiger partial charge < -0.3 is 14.0 Å². The van der Waals surface area contributed by atoms with Crippen molar-refractivity contribution >= 4 is 20.7 Å². The van der Waals surface area contributed by atoms with Crippen LogP contribution in [-0.2, 0) is 14.0 Å². The number of rotatable bonds is 4. The fraction of sp³-hybridized carbons (Fsp3) is 0.882. The zero-order valence-electron chi connectivity index (χ0n) is 15.9. The van der Waals surface area contributed by atoms with E-state index in [9.17, 15) is 9.59 Å². The number of hydrogen-bond acceptors (Lipinski definition) is 4. The summed E-state index contributed by atoms with van der Waals surface area (Å²) < 4.78 is 11.6. The van der Waals surface area contributed by atoms with Crippen LogP contribution in [0.3, 0.4) is 0 Å². The molecule has 0 aliphatic carbocycles. The predicted octanol–water partition coefficient (Wildman–Crippen LogP) is 3.83. The van der Waals surface area contributed by atoms with Crippen molar-refractivity contribution < 1.29 is 18.8 Å². The number of likely N-dealkylation sites (tertiary alicyclic amines) is 1. The van der Waals surface area contributed by atoms with Crippen LogP contribution >= 0.6 is 0 Å². The van der Waals surface area contributed by atoms with Gasteiger partial charge in [-0.25, -0.2) is 4.79 Å². The van der Waals surface area contributed by atoms with Crippen molar-refractivity contribution in [1.29, 1.82) is 0 Å². The van der Waals surface area contributed by atoms with E-state index in [1.165, 1.54) is 4.90 Å². The lowest BCUT2D eigenvalue weighted by atomic mass is 10.1. The molecule has 0 aromatic carbocycles. The molecule has 0 saturated carbocycles. The molecule has 1 amide bonds. The lowest BCUT2D eigenvalue weighted by molar-refractivity contribution is -0.111. The lowest BCUT2D eigenvalue weighted by Gasteiger charge is -2.37. The second-order valence-electron chi connectivity index (χ2n) is 9.01. The van der Waals surface area contributed by atoms with Gasteiger partial charge in [0.1, 0.15) is 11.9 Å². The molecule has 0 bridgehead atoms. The van der Waals surface area contributed by atoms with Gasteiger partial charge in [0, 0.05) is 19.1 Å². The first kappa shape index (κ1) is 20.2. The standard InChI is InChI=1S/C17H33NO4Si/c1-16(2,3)22-15(20)18-10-13(9-14(18)11-19)12-21-23(7,8)17(4,5)6/h11,13-14H,9-10,12H2,1-8H3/t13?,14-/m0/s1. The molecule has 134 valence electrons. The molecule has 1 fully saturated rings. The Bertz CT molecular complexity index is 437. The van der Waals surface area contributed by atoms with Crippen molar-refractivity contribution in [2.45, 2.75) is 77.7 Å². The summed E-state index contributed by atoms with van der Waals surface area (Å²) in [6.45, 7) is 17.6. The topological polar surface area (TPSA) is 55.8 Å². The Hall–Kier alpha value is -0.883. The smallest absolute Gasteiger partial charge is 0.410 e. The normalized spacial score (nSPS) is 23.0. The number of ether oxygens (including phenoxy) is 1. The van der Waals surface area contributed by atoms with Gasteiger partial charge >= 0.3 is 6.09 Å². The Kier molecular flexibility index (Phi) is 6.07. The van der Waals surface area contributed by atoms with E-state index in [4.69, 9.17) is 9.16 Å². The van der Waals surface area contributed by atoms with Crippen LogP contribution in [0.15, 0.2) is 0 Å². The van der Waals surface area contributed by atoms with Gasteiger partial charge in [0.05, 0.1) is 6.04 Å². The highest BCUT2D eigenvalue weighted by atomic mass is 28.4. The minimum atomic E-state index is -1.82. The zero-order chi connectivity index (χ0) is 18.1. The average molecular weight is 344 g/mol. The van der Waals surface area contributed by atoms with E-state index in [1.54, 1.807) is 0 Å². The average Bonchev–Trinajstić information content (AvgIpc) is 2.76. The Morgan fingerprint density at radius 2 is 1.78 bits per heavy atom. The molecule has 1 rings (SSSR count). The molecule has 6 heteroatoms. The SMILES string of the molecule is CC(C)(C)OC(=O)N1CC(CO[Si](C)(C)C(C)(C)C)C[C@H]1C=O. The minimum absolute atomic E-state index is 0.153. The molecule has 0 spiro atoms. The third-order valence-electron chi connectivity index (χ3n) is 4.70. The van der Waals surface area contributed by atoms with Crippen molar-refractivity contribution in [2.75, 3.05) is 13.2 Å². The Morgan fingerprint density at radius 3 is 2.22 bits per heavy atom. The fourth-order valence-electron chi connectivity index (χ4n) is 2.28. The fourth-order valence-corrected chi connectivity index (χ4v) is 3.37. The second-order valence-corrected chi connectivity index (χ2v) is 13.8. The van der Waals surface area contributed by atoms with Crippen LogP contribution in [0.2, 0.25) is 18.1 Å². The van der Waals surface area contributed by atoms with E-state index in [2.05, 4.69) is 33.9 Å². The molecule has 1 heterocycles. The van der Waals surface area contributed by atoms with Gasteiger partial charge in [0.15, 0.2) is 8.32 Å². The molecule has 5 nitrogen and oxygen atoms in total. The molecule has 0 aromatic rings. The minimum Gasteiger partial charge on any atom is -0.444 e. The Balaban J connectivity index is 2.66. The number of carbonyl (C=O) groups is 2. The summed E-state index contributed by atoms with van der Waals surface area (Å²) in [7, 11) is -1.82. The molecule has 0 aromatic heterocycles. The molecular weight excluding hydrogens is 310 g/mol. The first-order valence-electron chi connectivity index (χ1n) is 8.36. The van der Waals surface area contributed by atoms with E-state index >= 15 is 0 Å². The molecule has 1 aliphatic rings. The quantitative estimate of drug-likeness (QED) is 0.575. The first-order chi connectivity index (χ1) is 10.3. The summed E-state index contributed by atoms with van der Waals surface area (Å²) in [5.74, 6) is 0.187. The van der Waals surface area contributed by atoms with Crippen molar-refractivity contribution in [3.05, 3.63) is 0 Å². The largest absolute Gasteiger partial charge is 0.444 e. The molecule has 2 atom stereocenters. The summed E-state index contributed by atoms with van der Waals surface area (Å²) in [4.78, 5) is 25.1. The summed E-state index contributed by atoms with van der Waals surface area (Å²) >= 11 is 0. The number of amides is 1. The Morgan fingerprint density at radius 1 is 1.22 bits per heavy atom. The molecule has 0 radical (unpaired) electrons. The molecular formula is C17H33NO4Si. The van der Waals surface area contributed by atoms with Crippen molar-refractivity contribution in [3.8, 4) is 0 Å². The molecule has 0 N–H and O–H groups in total. The van der Waals surface area contributed by atoms with Gasteiger partial charge in [0.25, 0.3) is 0 Å². The summed E-state index contributed by atoms with van der Waals surface area (Å²) in [5, 5.41) is 0.153. The number of nitrogens with zero attached hydrogens (tertiary/aromatic N) is 1. The first-order valence-corrected chi connectivity index (χ1v) is 11.3. The van der Waals surface area contributed by atoms with E-state index in [1.807, 2.05) is 20.8 Å².